The van der Waals surface area contributed by atoms with E-state index in [0.717, 1.165) is 34.7 Å². The molecule has 0 radical (unpaired) electrons. The molecule has 0 unspecified atom stereocenters. The van der Waals surface area contributed by atoms with Crippen molar-refractivity contribution in [1.29, 1.82) is 0 Å². The Labute approximate surface area is 114 Å². The van der Waals surface area contributed by atoms with Crippen LogP contribution in [0.1, 0.15) is 29.4 Å². The number of aromatic nitrogens is 1. The van der Waals surface area contributed by atoms with Crippen LogP contribution >= 0.6 is 0 Å². The summed E-state index contributed by atoms with van der Waals surface area (Å²) in [4.78, 5) is 4.49. The van der Waals surface area contributed by atoms with E-state index in [1.54, 1.807) is 0 Å². The second-order valence-electron chi connectivity index (χ2n) is 4.56. The van der Waals surface area contributed by atoms with Crippen molar-refractivity contribution in [2.75, 3.05) is 0 Å². The molecule has 0 fully saturated rings. The van der Waals surface area contributed by atoms with Crippen molar-refractivity contribution in [3.05, 3.63) is 58.9 Å². The first kappa shape index (κ1) is 13.6. The molecule has 0 saturated carbocycles. The molecule has 19 heavy (non-hydrogen) atoms. The Morgan fingerprint density at radius 3 is 2.37 bits per heavy atom. The zero-order chi connectivity index (χ0) is 13.7. The number of nitrogens with two attached hydrogens (primary N) is 1. The Kier molecular flexibility index (Phi) is 4.53. The van der Waals surface area contributed by atoms with Crippen LogP contribution in [-0.2, 0) is 19.6 Å². The van der Waals surface area contributed by atoms with Crippen molar-refractivity contribution < 1.29 is 4.74 Å². The third-order valence-electron chi connectivity index (χ3n) is 3.06. The van der Waals surface area contributed by atoms with Gasteiger partial charge in [0.05, 0.1) is 5.69 Å². The molecule has 2 N–H and O–H groups in total. The molecule has 0 atom stereocenters. The maximum atomic E-state index is 5.85. The van der Waals surface area contributed by atoms with Crippen LogP contribution in [0.3, 0.4) is 0 Å². The zero-order valence-electron chi connectivity index (χ0n) is 11.5. The van der Waals surface area contributed by atoms with Crippen LogP contribution in [0.5, 0.6) is 5.75 Å². The first-order chi connectivity index (χ1) is 9.22. The van der Waals surface area contributed by atoms with Gasteiger partial charge in [-0.05, 0) is 36.6 Å². The lowest BCUT2D eigenvalue weighted by Gasteiger charge is -2.10. The monoisotopic (exact) mass is 256 g/mol. The minimum Gasteiger partial charge on any atom is -0.487 e. The fourth-order valence-corrected chi connectivity index (χ4v) is 1.92. The molecule has 1 aromatic heterocycles. The fourth-order valence-electron chi connectivity index (χ4n) is 1.92. The topological polar surface area (TPSA) is 48.1 Å². The second-order valence-corrected chi connectivity index (χ2v) is 4.56. The zero-order valence-corrected chi connectivity index (χ0v) is 11.5. The van der Waals surface area contributed by atoms with E-state index in [4.69, 9.17) is 10.5 Å². The molecule has 0 aliphatic heterocycles. The number of nitrogens with zero attached hydrogens (tertiary/aromatic N) is 1. The normalized spacial score (nSPS) is 10.5. The maximum absolute atomic E-state index is 5.85. The van der Waals surface area contributed by atoms with E-state index < -0.39 is 0 Å². The summed E-state index contributed by atoms with van der Waals surface area (Å²) in [5.41, 5.74) is 9.89. The van der Waals surface area contributed by atoms with Gasteiger partial charge >= 0.3 is 0 Å². The molecule has 0 spiro atoms. The molecule has 0 amide bonds. The SMILES string of the molecule is CCc1nc(C)ccc1OCc1ccc(CN)cc1. The summed E-state index contributed by atoms with van der Waals surface area (Å²) >= 11 is 0. The molecule has 3 heteroatoms. The quantitative estimate of drug-likeness (QED) is 0.894. The summed E-state index contributed by atoms with van der Waals surface area (Å²) in [5.74, 6) is 0.871. The van der Waals surface area contributed by atoms with Crippen LogP contribution in [0, 0.1) is 6.92 Å². The molecular formula is C16H20N2O. The predicted molar refractivity (Wildman–Crippen MR) is 77.0 cm³/mol. The van der Waals surface area contributed by atoms with Gasteiger partial charge in [0.2, 0.25) is 0 Å². The molecule has 2 rings (SSSR count). The summed E-state index contributed by atoms with van der Waals surface area (Å²) in [6.07, 6.45) is 0.878. The van der Waals surface area contributed by atoms with Crippen LogP contribution in [0.4, 0.5) is 0 Å². The van der Waals surface area contributed by atoms with Crippen molar-refractivity contribution in [3.8, 4) is 5.75 Å². The number of rotatable bonds is 5. The lowest BCUT2D eigenvalue weighted by atomic mass is 10.1. The summed E-state index contributed by atoms with van der Waals surface area (Å²) in [5, 5.41) is 0. The summed E-state index contributed by atoms with van der Waals surface area (Å²) in [6, 6.07) is 12.1. The van der Waals surface area contributed by atoms with Gasteiger partial charge in [-0.1, -0.05) is 31.2 Å². The molecular weight excluding hydrogens is 236 g/mol. The third-order valence-corrected chi connectivity index (χ3v) is 3.06. The highest BCUT2D eigenvalue weighted by Crippen LogP contribution is 2.19. The van der Waals surface area contributed by atoms with Gasteiger partial charge < -0.3 is 10.5 Å². The highest BCUT2D eigenvalue weighted by molar-refractivity contribution is 5.30. The highest BCUT2D eigenvalue weighted by atomic mass is 16.5. The van der Waals surface area contributed by atoms with Gasteiger partial charge in [0.15, 0.2) is 0 Å². The fraction of sp³-hybridized carbons (Fsp3) is 0.312. The number of hydrogen-bond acceptors (Lipinski definition) is 3. The minimum absolute atomic E-state index is 0.558. The van der Waals surface area contributed by atoms with Gasteiger partial charge in [0.25, 0.3) is 0 Å². The Balaban J connectivity index is 2.05. The van der Waals surface area contributed by atoms with Gasteiger partial charge in [-0.15, -0.1) is 0 Å². The predicted octanol–water partition coefficient (Wildman–Crippen LogP) is 2.99. The molecule has 2 aromatic rings. The summed E-state index contributed by atoms with van der Waals surface area (Å²) in [7, 11) is 0. The van der Waals surface area contributed by atoms with E-state index in [1.165, 1.54) is 0 Å². The van der Waals surface area contributed by atoms with E-state index >= 15 is 0 Å². The van der Waals surface area contributed by atoms with Gasteiger partial charge in [0.1, 0.15) is 12.4 Å². The molecule has 100 valence electrons. The van der Waals surface area contributed by atoms with Crippen molar-refractivity contribution in [2.45, 2.75) is 33.4 Å². The first-order valence-corrected chi connectivity index (χ1v) is 6.60. The lowest BCUT2D eigenvalue weighted by Crippen LogP contribution is -2.01. The van der Waals surface area contributed by atoms with Crippen LogP contribution in [0.2, 0.25) is 0 Å². The van der Waals surface area contributed by atoms with Crippen LogP contribution < -0.4 is 10.5 Å². The number of hydrogen-bond donors (Lipinski definition) is 1. The number of ether oxygens (including phenoxy) is 1. The van der Waals surface area contributed by atoms with Crippen LogP contribution in [0.15, 0.2) is 36.4 Å². The third kappa shape index (κ3) is 3.55. The molecule has 1 heterocycles. The standard InChI is InChI=1S/C16H20N2O/c1-3-15-16(9-4-12(2)18-15)19-11-14-7-5-13(10-17)6-8-14/h4-9H,3,10-11,17H2,1-2H3. The molecule has 0 bridgehead atoms. The van der Waals surface area contributed by atoms with Gasteiger partial charge in [-0.25, -0.2) is 0 Å². The van der Waals surface area contributed by atoms with Crippen LogP contribution in [0.25, 0.3) is 0 Å². The van der Waals surface area contributed by atoms with Crippen molar-refractivity contribution in [2.24, 2.45) is 5.73 Å². The van der Waals surface area contributed by atoms with Crippen molar-refractivity contribution >= 4 is 0 Å². The molecule has 3 nitrogen and oxygen atoms in total. The number of benzene rings is 1. The Hall–Kier alpha value is -1.87. The number of pyridine rings is 1. The Morgan fingerprint density at radius 2 is 1.74 bits per heavy atom. The van der Waals surface area contributed by atoms with E-state index in [1.807, 2.05) is 31.2 Å². The average Bonchev–Trinajstić information content (AvgIpc) is 2.46. The van der Waals surface area contributed by atoms with Gasteiger partial charge in [0, 0.05) is 12.2 Å². The second kappa shape index (κ2) is 6.34. The van der Waals surface area contributed by atoms with Crippen molar-refractivity contribution in [3.63, 3.8) is 0 Å². The molecule has 0 aliphatic rings. The largest absolute Gasteiger partial charge is 0.487 e. The highest BCUT2D eigenvalue weighted by Gasteiger charge is 2.04. The molecule has 1 aromatic carbocycles. The van der Waals surface area contributed by atoms with E-state index in [2.05, 4.69) is 24.0 Å². The maximum Gasteiger partial charge on any atom is 0.141 e. The smallest absolute Gasteiger partial charge is 0.141 e. The van der Waals surface area contributed by atoms with Gasteiger partial charge in [-0.3, -0.25) is 4.98 Å². The van der Waals surface area contributed by atoms with E-state index in [-0.39, 0.29) is 0 Å². The minimum atomic E-state index is 0.558. The van der Waals surface area contributed by atoms with E-state index in [0.29, 0.717) is 13.2 Å². The van der Waals surface area contributed by atoms with Gasteiger partial charge in [-0.2, -0.15) is 0 Å². The Morgan fingerprint density at radius 1 is 1.05 bits per heavy atom. The van der Waals surface area contributed by atoms with Crippen LogP contribution in [-0.4, -0.2) is 4.98 Å². The average molecular weight is 256 g/mol. The summed E-state index contributed by atoms with van der Waals surface area (Å²) < 4.78 is 5.85. The van der Waals surface area contributed by atoms with E-state index in [9.17, 15) is 0 Å². The number of aryl methyl sites for hydroxylation is 2. The van der Waals surface area contributed by atoms with Crippen molar-refractivity contribution in [1.82, 2.24) is 4.98 Å². The molecule has 0 saturated heterocycles. The first-order valence-electron chi connectivity index (χ1n) is 6.60. The lowest BCUT2D eigenvalue weighted by molar-refractivity contribution is 0.301. The summed E-state index contributed by atoms with van der Waals surface area (Å²) in [6.45, 7) is 5.21. The Bertz CT molecular complexity index is 535. The molecule has 0 aliphatic carbocycles.